The van der Waals surface area contributed by atoms with Crippen molar-refractivity contribution in [1.29, 1.82) is 0 Å². The van der Waals surface area contributed by atoms with Crippen molar-refractivity contribution in [2.45, 2.75) is 19.6 Å². The molecule has 8 nitrogen and oxygen atoms in total. The van der Waals surface area contributed by atoms with Crippen LogP contribution in [0.15, 0.2) is 33.9 Å². The summed E-state index contributed by atoms with van der Waals surface area (Å²) in [5, 5.41) is 10.4. The van der Waals surface area contributed by atoms with Gasteiger partial charge in [-0.2, -0.15) is 0 Å². The van der Waals surface area contributed by atoms with Gasteiger partial charge in [-0.15, -0.1) is 0 Å². The molecule has 1 atom stereocenters. The van der Waals surface area contributed by atoms with Crippen molar-refractivity contribution >= 4 is 23.4 Å². The number of aromatic amines is 1. The van der Waals surface area contributed by atoms with Crippen LogP contribution in [0.3, 0.4) is 0 Å². The predicted molar refractivity (Wildman–Crippen MR) is 100 cm³/mol. The number of imidazole rings is 1. The standard InChI is InChI=1S/C17H20N4O4S/c1-10-6-4-5-7-12(10)25-9-11(22)8-21-13-14(18-16(21)26)19(2)17(24)20(3)15(13)23/h4-7,11,22H,8-9H2,1-3H3,(H,18,26)/t11-/m0/s1. The highest BCUT2D eigenvalue weighted by Crippen LogP contribution is 2.16. The minimum absolute atomic E-state index is 0.0470. The van der Waals surface area contributed by atoms with Gasteiger partial charge < -0.3 is 19.4 Å². The largest absolute Gasteiger partial charge is 0.491 e. The zero-order valence-corrected chi connectivity index (χ0v) is 15.5. The maximum atomic E-state index is 12.5. The smallest absolute Gasteiger partial charge is 0.332 e. The number of hydrogen-bond acceptors (Lipinski definition) is 5. The van der Waals surface area contributed by atoms with Gasteiger partial charge in [0.15, 0.2) is 10.3 Å². The zero-order chi connectivity index (χ0) is 19.0. The molecule has 2 aromatic heterocycles. The maximum Gasteiger partial charge on any atom is 0.332 e. The highest BCUT2D eigenvalue weighted by molar-refractivity contribution is 7.71. The Morgan fingerprint density at radius 2 is 1.92 bits per heavy atom. The second kappa shape index (κ2) is 6.93. The number of nitrogens with one attached hydrogen (secondary N) is 1. The lowest BCUT2D eigenvalue weighted by atomic mass is 10.2. The Hall–Kier alpha value is -2.65. The van der Waals surface area contributed by atoms with Gasteiger partial charge in [0.2, 0.25) is 0 Å². The Kier molecular flexibility index (Phi) is 4.84. The van der Waals surface area contributed by atoms with Gasteiger partial charge in [-0.1, -0.05) is 18.2 Å². The van der Waals surface area contributed by atoms with E-state index < -0.39 is 17.4 Å². The minimum Gasteiger partial charge on any atom is -0.491 e. The number of aryl methyl sites for hydroxylation is 2. The van der Waals surface area contributed by atoms with Gasteiger partial charge in [-0.3, -0.25) is 13.9 Å². The number of aromatic nitrogens is 4. The van der Waals surface area contributed by atoms with E-state index in [0.717, 1.165) is 10.1 Å². The number of aliphatic hydroxyl groups excluding tert-OH is 1. The summed E-state index contributed by atoms with van der Waals surface area (Å²) in [5.41, 5.74) is 0.619. The van der Waals surface area contributed by atoms with Gasteiger partial charge in [-0.05, 0) is 30.8 Å². The number of nitrogens with zero attached hydrogens (tertiary/aromatic N) is 3. The van der Waals surface area contributed by atoms with Crippen LogP contribution < -0.4 is 16.0 Å². The molecule has 0 unspecified atom stereocenters. The van der Waals surface area contributed by atoms with E-state index in [1.54, 1.807) is 7.05 Å². The van der Waals surface area contributed by atoms with Gasteiger partial charge in [0, 0.05) is 14.1 Å². The number of hydrogen-bond donors (Lipinski definition) is 2. The molecule has 0 bridgehead atoms. The fourth-order valence-electron chi connectivity index (χ4n) is 2.83. The van der Waals surface area contributed by atoms with Gasteiger partial charge in [0.05, 0.1) is 6.54 Å². The monoisotopic (exact) mass is 376 g/mol. The van der Waals surface area contributed by atoms with Crippen LogP contribution in [0.25, 0.3) is 11.2 Å². The molecule has 0 saturated heterocycles. The highest BCUT2D eigenvalue weighted by atomic mass is 32.1. The molecule has 0 radical (unpaired) electrons. The molecule has 1 aromatic carbocycles. The normalized spacial score (nSPS) is 12.5. The third kappa shape index (κ3) is 3.11. The second-order valence-electron chi connectivity index (χ2n) is 6.17. The molecule has 0 aliphatic heterocycles. The highest BCUT2D eigenvalue weighted by Gasteiger charge is 2.17. The number of ether oxygens (including phenoxy) is 1. The van der Waals surface area contributed by atoms with Crippen LogP contribution >= 0.6 is 12.2 Å². The van der Waals surface area contributed by atoms with Crippen LogP contribution in [0, 0.1) is 11.7 Å². The van der Waals surface area contributed by atoms with E-state index in [2.05, 4.69) is 4.98 Å². The molecule has 3 rings (SSSR count). The molecular weight excluding hydrogens is 356 g/mol. The summed E-state index contributed by atoms with van der Waals surface area (Å²) < 4.78 is 9.74. The average molecular weight is 376 g/mol. The quantitative estimate of drug-likeness (QED) is 0.644. The molecular formula is C17H20N4O4S. The zero-order valence-electron chi connectivity index (χ0n) is 14.7. The SMILES string of the molecule is Cc1ccccc1OC[C@@H](O)Cn1c(=S)[nH]c2c1c(=O)n(C)c(=O)n2C. The van der Waals surface area contributed by atoms with E-state index in [1.165, 1.54) is 16.2 Å². The number of H-pyrrole nitrogens is 1. The van der Waals surface area contributed by atoms with Crippen molar-refractivity contribution in [2.75, 3.05) is 6.61 Å². The first-order valence-electron chi connectivity index (χ1n) is 8.06. The van der Waals surface area contributed by atoms with Crippen LogP contribution in [-0.4, -0.2) is 36.5 Å². The fraction of sp³-hybridized carbons (Fsp3) is 0.353. The molecule has 9 heteroatoms. The van der Waals surface area contributed by atoms with Gasteiger partial charge in [0.25, 0.3) is 5.56 Å². The maximum absolute atomic E-state index is 12.5. The molecule has 2 heterocycles. The van der Waals surface area contributed by atoms with Crippen LogP contribution in [0.1, 0.15) is 5.56 Å². The molecule has 0 spiro atoms. The average Bonchev–Trinajstić information content (AvgIpc) is 2.94. The second-order valence-corrected chi connectivity index (χ2v) is 6.56. The third-order valence-electron chi connectivity index (χ3n) is 4.30. The molecule has 26 heavy (non-hydrogen) atoms. The summed E-state index contributed by atoms with van der Waals surface area (Å²) in [5.74, 6) is 0.687. The number of aliphatic hydroxyl groups is 1. The van der Waals surface area contributed by atoms with E-state index in [-0.39, 0.29) is 23.4 Å². The fourth-order valence-corrected chi connectivity index (χ4v) is 3.09. The molecule has 0 saturated carbocycles. The first kappa shape index (κ1) is 18.2. The van der Waals surface area contributed by atoms with Crippen LogP contribution in [0.2, 0.25) is 0 Å². The molecule has 3 aromatic rings. The number of benzene rings is 1. The Morgan fingerprint density at radius 3 is 2.62 bits per heavy atom. The third-order valence-corrected chi connectivity index (χ3v) is 4.62. The topological polar surface area (TPSA) is 94.2 Å². The minimum atomic E-state index is -0.887. The lowest BCUT2D eigenvalue weighted by molar-refractivity contribution is 0.0927. The van der Waals surface area contributed by atoms with Gasteiger partial charge in [0.1, 0.15) is 24.1 Å². The van der Waals surface area contributed by atoms with Crippen molar-refractivity contribution in [2.24, 2.45) is 14.1 Å². The first-order valence-corrected chi connectivity index (χ1v) is 8.47. The molecule has 138 valence electrons. The molecule has 0 aliphatic rings. The Bertz CT molecular complexity index is 1140. The number of para-hydroxylation sites is 1. The summed E-state index contributed by atoms with van der Waals surface area (Å²) in [4.78, 5) is 27.4. The predicted octanol–water partition coefficient (Wildman–Crippen LogP) is 0.845. The van der Waals surface area contributed by atoms with Crippen molar-refractivity contribution in [3.05, 3.63) is 55.4 Å². The number of fused-ring (bicyclic) bond motifs is 1. The van der Waals surface area contributed by atoms with Crippen LogP contribution in [0.4, 0.5) is 0 Å². The van der Waals surface area contributed by atoms with E-state index >= 15 is 0 Å². The summed E-state index contributed by atoms with van der Waals surface area (Å²) in [6.45, 7) is 2.03. The van der Waals surface area contributed by atoms with Gasteiger partial charge in [-0.25, -0.2) is 4.79 Å². The van der Waals surface area contributed by atoms with E-state index in [0.29, 0.717) is 11.4 Å². The van der Waals surface area contributed by atoms with Crippen LogP contribution in [-0.2, 0) is 20.6 Å². The van der Waals surface area contributed by atoms with Crippen LogP contribution in [0.5, 0.6) is 5.75 Å². The Labute approximate surface area is 153 Å². The van der Waals surface area contributed by atoms with Crippen molar-refractivity contribution in [3.63, 3.8) is 0 Å². The van der Waals surface area contributed by atoms with Gasteiger partial charge >= 0.3 is 5.69 Å². The molecule has 2 N–H and O–H groups in total. The summed E-state index contributed by atoms with van der Waals surface area (Å²) in [6, 6.07) is 7.51. The summed E-state index contributed by atoms with van der Waals surface area (Å²) in [7, 11) is 2.96. The molecule has 0 aliphatic carbocycles. The Balaban J connectivity index is 1.90. The van der Waals surface area contributed by atoms with E-state index in [1.807, 2.05) is 31.2 Å². The van der Waals surface area contributed by atoms with Crippen molar-refractivity contribution in [1.82, 2.24) is 18.7 Å². The summed E-state index contributed by atoms with van der Waals surface area (Å²) in [6.07, 6.45) is -0.887. The van der Waals surface area contributed by atoms with E-state index in [4.69, 9.17) is 17.0 Å². The molecule has 0 amide bonds. The molecule has 0 fully saturated rings. The summed E-state index contributed by atoms with van der Waals surface area (Å²) >= 11 is 5.27. The lowest BCUT2D eigenvalue weighted by Crippen LogP contribution is -2.38. The lowest BCUT2D eigenvalue weighted by Gasteiger charge is -2.15. The Morgan fingerprint density at radius 1 is 1.23 bits per heavy atom. The van der Waals surface area contributed by atoms with Crippen molar-refractivity contribution < 1.29 is 9.84 Å². The number of rotatable bonds is 5. The van der Waals surface area contributed by atoms with Crippen molar-refractivity contribution in [3.8, 4) is 5.75 Å². The van der Waals surface area contributed by atoms with E-state index in [9.17, 15) is 14.7 Å². The first-order chi connectivity index (χ1) is 12.3.